The number of benzene rings is 5. The van der Waals surface area contributed by atoms with E-state index in [9.17, 15) is 24.0 Å². The van der Waals surface area contributed by atoms with Crippen molar-refractivity contribution in [1.82, 2.24) is 0 Å². The fourth-order valence-corrected chi connectivity index (χ4v) is 8.27. The summed E-state index contributed by atoms with van der Waals surface area (Å²) in [4.78, 5) is 69.4. The van der Waals surface area contributed by atoms with E-state index in [1.807, 2.05) is 13.8 Å². The van der Waals surface area contributed by atoms with Gasteiger partial charge in [0.25, 0.3) is 0 Å². The summed E-state index contributed by atoms with van der Waals surface area (Å²) in [5.74, 6) is -2.91. The summed E-state index contributed by atoms with van der Waals surface area (Å²) in [5.41, 5.74) is 0.865. The second-order valence-corrected chi connectivity index (χ2v) is 15.4. The number of esters is 5. The van der Waals surface area contributed by atoms with Crippen LogP contribution in [0.2, 0.25) is 0 Å². The minimum Gasteiger partial charge on any atom is -0.458 e. The molecular formula is C45H42O10S2. The van der Waals surface area contributed by atoms with Crippen LogP contribution in [-0.4, -0.2) is 77.0 Å². The number of hydrogen-bond donors (Lipinski definition) is 0. The van der Waals surface area contributed by atoms with E-state index in [1.165, 1.54) is 47.8 Å². The molecule has 0 spiro atoms. The third-order valence-corrected chi connectivity index (χ3v) is 11.0. The molecular weight excluding hydrogens is 765 g/mol. The lowest BCUT2D eigenvalue weighted by Crippen LogP contribution is -2.55. The Balaban J connectivity index is 1.69. The molecule has 12 heteroatoms. The molecule has 5 aromatic carbocycles. The maximum Gasteiger partial charge on any atom is 0.338 e. The van der Waals surface area contributed by atoms with E-state index < -0.39 is 65.5 Å². The molecule has 10 nitrogen and oxygen atoms in total. The Morgan fingerprint density at radius 2 is 0.702 bits per heavy atom. The SMILES string of the molecule is CCSC(SCC)[C@H](OC(=O)c1ccccc1)[C@@H](OC(=O)c1ccccc1)[C@H](OC(=O)c1ccccc1)[C@@H](COC(=O)c1ccccc1)OC(=O)c1ccccc1. The number of rotatable bonds is 19. The van der Waals surface area contributed by atoms with E-state index in [1.54, 1.807) is 127 Å². The van der Waals surface area contributed by atoms with E-state index in [4.69, 9.17) is 23.7 Å². The molecule has 0 radical (unpaired) electrons. The van der Waals surface area contributed by atoms with Crippen molar-refractivity contribution in [3.8, 4) is 0 Å². The zero-order valence-corrected chi connectivity index (χ0v) is 33.0. The Morgan fingerprint density at radius 3 is 1.05 bits per heavy atom. The Kier molecular flexibility index (Phi) is 16.3. The first-order chi connectivity index (χ1) is 27.8. The third kappa shape index (κ3) is 12.3. The van der Waals surface area contributed by atoms with Gasteiger partial charge in [-0.3, -0.25) is 0 Å². The first kappa shape index (κ1) is 42.3. The third-order valence-electron chi connectivity index (χ3n) is 8.36. The molecule has 0 saturated carbocycles. The highest BCUT2D eigenvalue weighted by Crippen LogP contribution is 2.35. The van der Waals surface area contributed by atoms with Gasteiger partial charge in [-0.1, -0.05) is 105 Å². The zero-order valence-electron chi connectivity index (χ0n) is 31.3. The van der Waals surface area contributed by atoms with Gasteiger partial charge in [0.05, 0.1) is 32.4 Å². The van der Waals surface area contributed by atoms with Crippen LogP contribution < -0.4 is 0 Å². The summed E-state index contributed by atoms with van der Waals surface area (Å²) in [7, 11) is 0. The fourth-order valence-electron chi connectivity index (χ4n) is 5.61. The van der Waals surface area contributed by atoms with Crippen LogP contribution in [0.4, 0.5) is 0 Å². The predicted octanol–water partition coefficient (Wildman–Crippen LogP) is 8.58. The van der Waals surface area contributed by atoms with Crippen molar-refractivity contribution in [2.45, 2.75) is 42.8 Å². The Labute approximate surface area is 340 Å². The lowest BCUT2D eigenvalue weighted by Gasteiger charge is -2.38. The first-order valence-corrected chi connectivity index (χ1v) is 20.4. The van der Waals surface area contributed by atoms with Gasteiger partial charge in [0.15, 0.2) is 24.4 Å². The molecule has 0 amide bonds. The van der Waals surface area contributed by atoms with Gasteiger partial charge in [0, 0.05) is 0 Å². The van der Waals surface area contributed by atoms with Crippen molar-refractivity contribution < 1.29 is 47.7 Å². The maximum atomic E-state index is 14.1. The molecule has 57 heavy (non-hydrogen) atoms. The summed E-state index contributed by atoms with van der Waals surface area (Å²) in [6, 6.07) is 40.7. The molecule has 0 saturated heterocycles. The average Bonchev–Trinajstić information content (AvgIpc) is 3.26. The monoisotopic (exact) mass is 806 g/mol. The number of carbonyl (C=O) groups is 5. The topological polar surface area (TPSA) is 132 Å². The fraction of sp³-hybridized carbons (Fsp3) is 0.222. The molecule has 4 atom stereocenters. The summed E-state index contributed by atoms with van der Waals surface area (Å²) >= 11 is 2.86. The van der Waals surface area contributed by atoms with Crippen molar-refractivity contribution in [3.05, 3.63) is 179 Å². The normalized spacial score (nSPS) is 13.0. The minimum absolute atomic E-state index is 0.130. The molecule has 0 aromatic heterocycles. The lowest BCUT2D eigenvalue weighted by atomic mass is 10.0. The van der Waals surface area contributed by atoms with Gasteiger partial charge < -0.3 is 23.7 Å². The van der Waals surface area contributed by atoms with Crippen LogP contribution in [0.15, 0.2) is 152 Å². The van der Waals surface area contributed by atoms with Crippen LogP contribution in [0.3, 0.4) is 0 Å². The molecule has 5 rings (SSSR count). The van der Waals surface area contributed by atoms with Gasteiger partial charge in [0.2, 0.25) is 0 Å². The summed E-state index contributed by atoms with van der Waals surface area (Å²) in [6.07, 6.45) is -6.28. The Bertz CT molecular complexity index is 2030. The first-order valence-electron chi connectivity index (χ1n) is 18.3. The molecule has 0 heterocycles. The van der Waals surface area contributed by atoms with Crippen LogP contribution in [0.1, 0.15) is 65.6 Å². The van der Waals surface area contributed by atoms with E-state index in [-0.39, 0.29) is 27.8 Å². The van der Waals surface area contributed by atoms with Gasteiger partial charge in [-0.15, -0.1) is 23.5 Å². The maximum absolute atomic E-state index is 14.1. The standard InChI is InChI=1S/C45H42O10S2/c1-3-56-45(57-4-2)39(55-44(50)35-28-18-9-19-29-35)38(54-43(49)34-26-16-8-17-27-34)37(53-42(48)33-24-14-7-15-25-33)36(52-41(47)32-22-12-6-13-23-32)30-51-40(46)31-20-10-5-11-21-31/h5-29,36-39,45H,3-4,30H2,1-2H3/t36-,37-,38+,39-/m1/s1. The van der Waals surface area contributed by atoms with Crippen molar-refractivity contribution >= 4 is 53.4 Å². The van der Waals surface area contributed by atoms with Gasteiger partial charge in [-0.05, 0) is 72.2 Å². The van der Waals surface area contributed by atoms with Crippen molar-refractivity contribution in [1.29, 1.82) is 0 Å². The quantitative estimate of drug-likeness (QED) is 0.0450. The highest BCUT2D eigenvalue weighted by molar-refractivity contribution is 8.17. The van der Waals surface area contributed by atoms with Gasteiger partial charge in [-0.25, -0.2) is 24.0 Å². The van der Waals surface area contributed by atoms with Crippen molar-refractivity contribution in [2.24, 2.45) is 0 Å². The molecule has 0 N–H and O–H groups in total. The molecule has 294 valence electrons. The van der Waals surface area contributed by atoms with Gasteiger partial charge in [0.1, 0.15) is 6.61 Å². The van der Waals surface area contributed by atoms with E-state index >= 15 is 0 Å². The van der Waals surface area contributed by atoms with Crippen LogP contribution in [0.5, 0.6) is 0 Å². The highest BCUT2D eigenvalue weighted by Gasteiger charge is 2.48. The zero-order chi connectivity index (χ0) is 40.4. The molecule has 0 aliphatic heterocycles. The number of carbonyl (C=O) groups excluding carboxylic acids is 5. The van der Waals surface area contributed by atoms with Crippen molar-refractivity contribution in [2.75, 3.05) is 18.1 Å². The van der Waals surface area contributed by atoms with Crippen LogP contribution in [0.25, 0.3) is 0 Å². The van der Waals surface area contributed by atoms with Gasteiger partial charge in [-0.2, -0.15) is 0 Å². The second kappa shape index (κ2) is 22.0. The minimum atomic E-state index is -1.72. The number of ether oxygens (including phenoxy) is 5. The number of hydrogen-bond acceptors (Lipinski definition) is 12. The predicted molar refractivity (Wildman–Crippen MR) is 219 cm³/mol. The van der Waals surface area contributed by atoms with Crippen LogP contribution in [0, 0.1) is 0 Å². The van der Waals surface area contributed by atoms with Crippen LogP contribution in [-0.2, 0) is 23.7 Å². The average molecular weight is 807 g/mol. The van der Waals surface area contributed by atoms with Crippen LogP contribution >= 0.6 is 23.5 Å². The second-order valence-electron chi connectivity index (χ2n) is 12.3. The molecule has 0 bridgehead atoms. The highest BCUT2D eigenvalue weighted by atomic mass is 32.2. The molecule has 0 aliphatic rings. The molecule has 0 unspecified atom stereocenters. The number of thioether (sulfide) groups is 2. The molecule has 0 fully saturated rings. The van der Waals surface area contributed by atoms with E-state index in [2.05, 4.69) is 0 Å². The molecule has 0 aliphatic carbocycles. The van der Waals surface area contributed by atoms with Gasteiger partial charge >= 0.3 is 29.8 Å². The summed E-state index contributed by atoms with van der Waals surface area (Å²) in [6.45, 7) is 3.20. The lowest BCUT2D eigenvalue weighted by molar-refractivity contribution is -0.128. The van der Waals surface area contributed by atoms with E-state index in [0.717, 1.165) is 0 Å². The summed E-state index contributed by atoms with van der Waals surface area (Å²) in [5, 5.41) is 0. The smallest absolute Gasteiger partial charge is 0.338 e. The van der Waals surface area contributed by atoms with E-state index in [0.29, 0.717) is 11.5 Å². The summed E-state index contributed by atoms with van der Waals surface area (Å²) < 4.78 is 30.1. The Morgan fingerprint density at radius 1 is 0.404 bits per heavy atom. The van der Waals surface area contributed by atoms with Crippen molar-refractivity contribution in [3.63, 3.8) is 0 Å². The largest absolute Gasteiger partial charge is 0.458 e. The molecule has 5 aromatic rings. The Hall–Kier alpha value is -5.85.